The number of fused-ring (bicyclic) bond motifs is 2. The molecule has 0 spiro atoms. The minimum absolute atomic E-state index is 0.104. The van der Waals surface area contributed by atoms with Gasteiger partial charge in [-0.3, -0.25) is 14.5 Å². The Morgan fingerprint density at radius 1 is 1.31 bits per heavy atom. The first-order valence-electron chi connectivity index (χ1n) is 8.64. The molecule has 2 aliphatic heterocycles. The predicted molar refractivity (Wildman–Crippen MR) is 101 cm³/mol. The van der Waals surface area contributed by atoms with Crippen LogP contribution in [0, 0.1) is 0 Å². The number of benzene rings is 2. The summed E-state index contributed by atoms with van der Waals surface area (Å²) in [5.74, 6) is -0.167. The van der Waals surface area contributed by atoms with E-state index in [2.05, 4.69) is 21.2 Å². The normalized spacial score (nSPS) is 21.9. The molecule has 2 aromatic carbocycles. The molecule has 2 N–H and O–H groups in total. The number of phenols is 1. The number of rotatable bonds is 4. The maximum absolute atomic E-state index is 12.3. The lowest BCUT2D eigenvalue weighted by Gasteiger charge is -2.33. The molecule has 6 heteroatoms. The molecule has 0 saturated carbocycles. The molecule has 0 fully saturated rings. The summed E-state index contributed by atoms with van der Waals surface area (Å²) in [5, 5.41) is 13.9. The average Bonchev–Trinajstić information content (AvgIpc) is 3.02. The van der Waals surface area contributed by atoms with E-state index in [1.807, 2.05) is 35.2 Å². The number of aldehydes is 1. The van der Waals surface area contributed by atoms with Gasteiger partial charge in [-0.25, -0.2) is 0 Å². The summed E-state index contributed by atoms with van der Waals surface area (Å²) in [5.41, 5.74) is 3.95. The third kappa shape index (κ3) is 2.88. The average molecular weight is 415 g/mol. The van der Waals surface area contributed by atoms with Crippen molar-refractivity contribution in [1.29, 1.82) is 0 Å². The van der Waals surface area contributed by atoms with Crippen molar-refractivity contribution in [2.24, 2.45) is 0 Å². The monoisotopic (exact) mass is 414 g/mol. The van der Waals surface area contributed by atoms with E-state index in [1.54, 1.807) is 6.07 Å². The van der Waals surface area contributed by atoms with Crippen molar-refractivity contribution in [1.82, 2.24) is 10.2 Å². The van der Waals surface area contributed by atoms with Crippen LogP contribution in [0.15, 0.2) is 40.9 Å². The van der Waals surface area contributed by atoms with E-state index in [-0.39, 0.29) is 11.8 Å². The molecule has 0 aromatic heterocycles. The highest BCUT2D eigenvalue weighted by Gasteiger charge is 2.37. The van der Waals surface area contributed by atoms with Crippen molar-refractivity contribution in [2.75, 3.05) is 13.1 Å². The summed E-state index contributed by atoms with van der Waals surface area (Å²) in [4.78, 5) is 25.5. The number of ketones is 1. The van der Waals surface area contributed by atoms with Crippen LogP contribution in [0.1, 0.15) is 34.3 Å². The van der Waals surface area contributed by atoms with E-state index < -0.39 is 11.8 Å². The van der Waals surface area contributed by atoms with Gasteiger partial charge in [0.25, 0.3) is 0 Å². The number of hydrogen-bond donors (Lipinski definition) is 2. The molecular weight excluding hydrogens is 396 g/mol. The molecule has 0 aliphatic carbocycles. The number of phenolic OH excluding ortho intramolecular Hbond substituents is 1. The Hall–Kier alpha value is -2.02. The van der Waals surface area contributed by atoms with E-state index in [0.717, 1.165) is 39.7 Å². The van der Waals surface area contributed by atoms with Gasteiger partial charge >= 0.3 is 0 Å². The van der Waals surface area contributed by atoms with Crippen LogP contribution in [-0.2, 0) is 22.6 Å². The van der Waals surface area contributed by atoms with Gasteiger partial charge in [0.05, 0.1) is 0 Å². The lowest BCUT2D eigenvalue weighted by Crippen LogP contribution is -2.40. The van der Waals surface area contributed by atoms with Gasteiger partial charge in [-0.1, -0.05) is 40.2 Å². The van der Waals surface area contributed by atoms with E-state index >= 15 is 0 Å². The van der Waals surface area contributed by atoms with Gasteiger partial charge in [-0.05, 0) is 41.8 Å². The lowest BCUT2D eigenvalue weighted by atomic mass is 9.92. The van der Waals surface area contributed by atoms with Gasteiger partial charge in [0, 0.05) is 29.2 Å². The Labute approximate surface area is 160 Å². The summed E-state index contributed by atoms with van der Waals surface area (Å²) in [7, 11) is 0. The number of Topliss-reactive ketones (excluding diaryl/α,β-unsaturated/α-hetero) is 1. The van der Waals surface area contributed by atoms with Crippen LogP contribution in [0.3, 0.4) is 0 Å². The van der Waals surface area contributed by atoms with E-state index in [1.165, 1.54) is 0 Å². The van der Waals surface area contributed by atoms with Gasteiger partial charge in [-0.15, -0.1) is 0 Å². The number of carbonyl (C=O) groups is 2. The molecule has 2 heterocycles. The fourth-order valence-corrected chi connectivity index (χ4v) is 4.70. The molecule has 0 radical (unpaired) electrons. The molecule has 26 heavy (non-hydrogen) atoms. The maximum atomic E-state index is 12.3. The molecule has 0 saturated heterocycles. The second-order valence-electron chi connectivity index (χ2n) is 6.77. The SMILES string of the molecule is O=CC(=O)C1c2ccccc2CN1CC1NCCc2c(Br)ccc(O)c21. The number of nitrogens with one attached hydrogen (secondary N) is 1. The molecule has 5 nitrogen and oxygen atoms in total. The fourth-order valence-electron chi connectivity index (χ4n) is 4.15. The Kier molecular flexibility index (Phi) is 4.65. The molecule has 2 aliphatic rings. The van der Waals surface area contributed by atoms with Gasteiger partial charge in [-0.2, -0.15) is 0 Å². The van der Waals surface area contributed by atoms with Crippen molar-refractivity contribution in [3.63, 3.8) is 0 Å². The third-order valence-electron chi connectivity index (χ3n) is 5.28. The molecule has 2 unspecified atom stereocenters. The Morgan fingerprint density at radius 2 is 2.12 bits per heavy atom. The summed E-state index contributed by atoms with van der Waals surface area (Å²) in [6.45, 7) is 1.95. The first-order chi connectivity index (χ1) is 12.6. The molecule has 0 amide bonds. The van der Waals surface area contributed by atoms with Crippen molar-refractivity contribution < 1.29 is 14.7 Å². The zero-order chi connectivity index (χ0) is 18.3. The van der Waals surface area contributed by atoms with Crippen molar-refractivity contribution in [3.8, 4) is 5.75 Å². The van der Waals surface area contributed by atoms with Crippen LogP contribution in [-0.4, -0.2) is 35.2 Å². The zero-order valence-electron chi connectivity index (χ0n) is 14.1. The van der Waals surface area contributed by atoms with E-state index in [0.29, 0.717) is 19.4 Å². The molecule has 2 atom stereocenters. The number of carbonyl (C=O) groups excluding carboxylic acids is 2. The minimum atomic E-state index is -0.551. The van der Waals surface area contributed by atoms with Gasteiger partial charge < -0.3 is 10.4 Å². The smallest absolute Gasteiger partial charge is 0.216 e. The van der Waals surface area contributed by atoms with Crippen LogP contribution in [0.25, 0.3) is 0 Å². The summed E-state index contributed by atoms with van der Waals surface area (Å²) >= 11 is 3.57. The predicted octanol–water partition coefficient (Wildman–Crippen LogP) is 2.67. The van der Waals surface area contributed by atoms with Gasteiger partial charge in [0.1, 0.15) is 11.8 Å². The largest absolute Gasteiger partial charge is 0.508 e. The first-order valence-corrected chi connectivity index (χ1v) is 9.44. The van der Waals surface area contributed by atoms with E-state index in [4.69, 9.17) is 0 Å². The van der Waals surface area contributed by atoms with Crippen molar-refractivity contribution >= 4 is 28.0 Å². The van der Waals surface area contributed by atoms with Gasteiger partial charge in [0.2, 0.25) is 5.78 Å². The topological polar surface area (TPSA) is 69.6 Å². The van der Waals surface area contributed by atoms with Crippen LogP contribution in [0.4, 0.5) is 0 Å². The standard InChI is InChI=1S/C20H19BrN2O3/c21-15-5-6-17(25)19-14(15)7-8-22-16(19)10-23-9-12-3-1-2-4-13(12)20(23)18(26)11-24/h1-6,11,16,20,22,25H,7-10H2. The minimum Gasteiger partial charge on any atom is -0.508 e. The number of halogens is 1. The molecule has 134 valence electrons. The number of nitrogens with zero attached hydrogens (tertiary/aromatic N) is 1. The molecule has 2 aromatic rings. The summed E-state index contributed by atoms with van der Waals surface area (Å²) in [6, 6.07) is 10.6. The molecule has 0 bridgehead atoms. The Morgan fingerprint density at radius 3 is 2.92 bits per heavy atom. The fraction of sp³-hybridized carbons (Fsp3) is 0.300. The molecule has 4 rings (SSSR count). The quantitative estimate of drug-likeness (QED) is 0.594. The van der Waals surface area contributed by atoms with Crippen LogP contribution < -0.4 is 5.32 Å². The maximum Gasteiger partial charge on any atom is 0.216 e. The van der Waals surface area contributed by atoms with Gasteiger partial charge in [0.15, 0.2) is 6.29 Å². The van der Waals surface area contributed by atoms with Crippen LogP contribution >= 0.6 is 15.9 Å². The number of hydrogen-bond acceptors (Lipinski definition) is 5. The highest BCUT2D eigenvalue weighted by atomic mass is 79.9. The molecular formula is C20H19BrN2O3. The number of aromatic hydroxyl groups is 1. The third-order valence-corrected chi connectivity index (χ3v) is 6.03. The van der Waals surface area contributed by atoms with Crippen LogP contribution in [0.5, 0.6) is 5.75 Å². The second kappa shape index (κ2) is 6.95. The lowest BCUT2D eigenvalue weighted by molar-refractivity contribution is -0.133. The summed E-state index contributed by atoms with van der Waals surface area (Å²) in [6.07, 6.45) is 1.24. The van der Waals surface area contributed by atoms with Crippen molar-refractivity contribution in [3.05, 3.63) is 63.1 Å². The summed E-state index contributed by atoms with van der Waals surface area (Å²) < 4.78 is 0.988. The Bertz CT molecular complexity index is 883. The highest BCUT2D eigenvalue weighted by Crippen LogP contribution is 2.39. The second-order valence-corrected chi connectivity index (χ2v) is 7.62. The Balaban J connectivity index is 1.68. The van der Waals surface area contributed by atoms with Crippen molar-refractivity contribution in [2.45, 2.75) is 25.0 Å². The highest BCUT2D eigenvalue weighted by molar-refractivity contribution is 9.10. The first kappa shape index (κ1) is 17.4. The van der Waals surface area contributed by atoms with E-state index in [9.17, 15) is 14.7 Å². The zero-order valence-corrected chi connectivity index (χ0v) is 15.7. The van der Waals surface area contributed by atoms with Crippen LogP contribution in [0.2, 0.25) is 0 Å².